The summed E-state index contributed by atoms with van der Waals surface area (Å²) in [4.78, 5) is 4.64. The standard InChI is InChI=1S/C12H19N3/c1-7(2)11-13-12(15-14-11)10-6-8-3-4-9(10)5-8/h7-10H,3-6H2,1-2H3,(H,13,14,15). The number of H-pyrrole nitrogens is 1. The molecule has 3 rings (SSSR count). The number of aromatic nitrogens is 3. The molecule has 3 atom stereocenters. The van der Waals surface area contributed by atoms with Crippen LogP contribution in [0.1, 0.15) is 63.0 Å². The molecule has 2 aliphatic rings. The maximum Gasteiger partial charge on any atom is 0.153 e. The van der Waals surface area contributed by atoms with Gasteiger partial charge in [-0.15, -0.1) is 0 Å². The minimum absolute atomic E-state index is 0.439. The Morgan fingerprint density at radius 1 is 1.27 bits per heavy atom. The number of rotatable bonds is 2. The van der Waals surface area contributed by atoms with E-state index in [0.29, 0.717) is 11.8 Å². The first kappa shape index (κ1) is 9.37. The molecule has 82 valence electrons. The zero-order valence-corrected chi connectivity index (χ0v) is 9.53. The number of nitrogens with zero attached hydrogens (tertiary/aromatic N) is 2. The molecule has 1 aromatic rings. The molecule has 3 unspecified atom stereocenters. The van der Waals surface area contributed by atoms with Crippen molar-refractivity contribution in [2.24, 2.45) is 11.8 Å². The van der Waals surface area contributed by atoms with Gasteiger partial charge >= 0.3 is 0 Å². The van der Waals surface area contributed by atoms with Crippen LogP contribution in [0.2, 0.25) is 0 Å². The van der Waals surface area contributed by atoms with Crippen molar-refractivity contribution in [1.29, 1.82) is 0 Å². The largest absolute Gasteiger partial charge is 0.263 e. The van der Waals surface area contributed by atoms with Crippen molar-refractivity contribution in [3.8, 4) is 0 Å². The van der Waals surface area contributed by atoms with Crippen LogP contribution in [0.3, 0.4) is 0 Å². The van der Waals surface area contributed by atoms with Crippen LogP contribution in [-0.2, 0) is 0 Å². The number of hydrogen-bond acceptors (Lipinski definition) is 2. The van der Waals surface area contributed by atoms with Crippen molar-refractivity contribution in [3.05, 3.63) is 11.6 Å². The van der Waals surface area contributed by atoms with Gasteiger partial charge in [0.15, 0.2) is 5.82 Å². The second-order valence-corrected chi connectivity index (χ2v) is 5.51. The maximum absolute atomic E-state index is 4.64. The second-order valence-electron chi connectivity index (χ2n) is 5.51. The van der Waals surface area contributed by atoms with Gasteiger partial charge in [-0.1, -0.05) is 20.3 Å². The highest BCUT2D eigenvalue weighted by molar-refractivity contribution is 5.08. The third kappa shape index (κ3) is 1.48. The monoisotopic (exact) mass is 205 g/mol. The van der Waals surface area contributed by atoms with Crippen molar-refractivity contribution in [3.63, 3.8) is 0 Å². The lowest BCUT2D eigenvalue weighted by atomic mass is 9.88. The molecule has 15 heavy (non-hydrogen) atoms. The lowest BCUT2D eigenvalue weighted by Crippen LogP contribution is -2.10. The van der Waals surface area contributed by atoms with Crippen LogP contribution in [0.15, 0.2) is 0 Å². The molecule has 2 aliphatic carbocycles. The van der Waals surface area contributed by atoms with Crippen LogP contribution >= 0.6 is 0 Å². The molecule has 3 heteroatoms. The summed E-state index contributed by atoms with van der Waals surface area (Å²) in [6.07, 6.45) is 5.64. The minimum atomic E-state index is 0.439. The van der Waals surface area contributed by atoms with E-state index in [1.54, 1.807) is 0 Å². The molecule has 2 bridgehead atoms. The van der Waals surface area contributed by atoms with Crippen molar-refractivity contribution >= 4 is 0 Å². The molecular weight excluding hydrogens is 186 g/mol. The summed E-state index contributed by atoms with van der Waals surface area (Å²) in [5.74, 6) is 5.13. The average molecular weight is 205 g/mol. The fourth-order valence-electron chi connectivity index (χ4n) is 3.29. The molecule has 2 fully saturated rings. The molecule has 1 aromatic heterocycles. The second kappa shape index (κ2) is 3.32. The SMILES string of the molecule is CC(C)c1n[nH]c(C2CC3CCC2C3)n1. The van der Waals surface area contributed by atoms with Gasteiger partial charge in [0.25, 0.3) is 0 Å². The minimum Gasteiger partial charge on any atom is -0.263 e. The number of fused-ring (bicyclic) bond motifs is 2. The normalized spacial score (nSPS) is 34.2. The van der Waals surface area contributed by atoms with E-state index in [0.717, 1.165) is 23.5 Å². The summed E-state index contributed by atoms with van der Waals surface area (Å²) in [7, 11) is 0. The van der Waals surface area contributed by atoms with E-state index < -0.39 is 0 Å². The van der Waals surface area contributed by atoms with E-state index >= 15 is 0 Å². The van der Waals surface area contributed by atoms with Gasteiger partial charge in [-0.2, -0.15) is 5.10 Å². The first-order valence-electron chi connectivity index (χ1n) is 6.16. The topological polar surface area (TPSA) is 41.6 Å². The smallest absolute Gasteiger partial charge is 0.153 e. The summed E-state index contributed by atoms with van der Waals surface area (Å²) in [5, 5.41) is 7.46. The molecule has 0 radical (unpaired) electrons. The predicted molar refractivity (Wildman–Crippen MR) is 58.7 cm³/mol. The van der Waals surface area contributed by atoms with E-state index in [4.69, 9.17) is 0 Å². The summed E-state index contributed by atoms with van der Waals surface area (Å²) in [6.45, 7) is 4.29. The highest BCUT2D eigenvalue weighted by Crippen LogP contribution is 2.52. The molecule has 1 heterocycles. The van der Waals surface area contributed by atoms with Crippen LogP contribution < -0.4 is 0 Å². The molecule has 0 amide bonds. The molecule has 0 saturated heterocycles. The lowest BCUT2D eigenvalue weighted by molar-refractivity contribution is 0.406. The molecule has 3 nitrogen and oxygen atoms in total. The zero-order valence-electron chi connectivity index (χ0n) is 9.53. The van der Waals surface area contributed by atoms with Gasteiger partial charge in [-0.25, -0.2) is 4.98 Å². The van der Waals surface area contributed by atoms with Gasteiger partial charge in [-0.3, -0.25) is 5.10 Å². The number of nitrogens with one attached hydrogen (secondary N) is 1. The van der Waals surface area contributed by atoms with Crippen LogP contribution in [-0.4, -0.2) is 15.2 Å². The van der Waals surface area contributed by atoms with E-state index in [-0.39, 0.29) is 0 Å². The van der Waals surface area contributed by atoms with Crippen molar-refractivity contribution in [1.82, 2.24) is 15.2 Å². The molecule has 1 N–H and O–H groups in total. The fourth-order valence-corrected chi connectivity index (χ4v) is 3.29. The van der Waals surface area contributed by atoms with Gasteiger partial charge in [0.05, 0.1) is 0 Å². The molecular formula is C12H19N3. The van der Waals surface area contributed by atoms with Crippen LogP contribution in [0.5, 0.6) is 0 Å². The summed E-state index contributed by atoms with van der Waals surface area (Å²) in [6, 6.07) is 0. The summed E-state index contributed by atoms with van der Waals surface area (Å²) in [5.41, 5.74) is 0. The third-order valence-electron chi connectivity index (χ3n) is 4.13. The van der Waals surface area contributed by atoms with Crippen LogP contribution in [0.4, 0.5) is 0 Å². The van der Waals surface area contributed by atoms with Crippen molar-refractivity contribution < 1.29 is 0 Å². The fraction of sp³-hybridized carbons (Fsp3) is 0.833. The van der Waals surface area contributed by atoms with Crippen LogP contribution in [0, 0.1) is 11.8 Å². The Bertz CT molecular complexity index is 356. The Kier molecular flexibility index (Phi) is 2.08. The zero-order chi connectivity index (χ0) is 10.4. The van der Waals surface area contributed by atoms with Gasteiger partial charge in [0, 0.05) is 11.8 Å². The quantitative estimate of drug-likeness (QED) is 0.806. The predicted octanol–water partition coefficient (Wildman–Crippen LogP) is 2.83. The Hall–Kier alpha value is -0.860. The van der Waals surface area contributed by atoms with E-state index in [2.05, 4.69) is 29.0 Å². The van der Waals surface area contributed by atoms with E-state index in [1.165, 1.54) is 25.7 Å². The molecule has 0 spiro atoms. The highest BCUT2D eigenvalue weighted by atomic mass is 15.2. The first-order valence-corrected chi connectivity index (χ1v) is 6.16. The van der Waals surface area contributed by atoms with Crippen LogP contribution in [0.25, 0.3) is 0 Å². The third-order valence-corrected chi connectivity index (χ3v) is 4.13. The van der Waals surface area contributed by atoms with E-state index in [9.17, 15) is 0 Å². The molecule has 0 aromatic carbocycles. The Labute approximate surface area is 90.7 Å². The highest BCUT2D eigenvalue weighted by Gasteiger charge is 2.41. The van der Waals surface area contributed by atoms with Gasteiger partial charge < -0.3 is 0 Å². The van der Waals surface area contributed by atoms with Gasteiger partial charge in [0.2, 0.25) is 0 Å². The van der Waals surface area contributed by atoms with E-state index in [1.807, 2.05) is 0 Å². The Morgan fingerprint density at radius 2 is 2.13 bits per heavy atom. The maximum atomic E-state index is 4.64. The number of aromatic amines is 1. The average Bonchev–Trinajstić information content (AvgIpc) is 2.93. The molecule has 2 saturated carbocycles. The summed E-state index contributed by atoms with van der Waals surface area (Å²) >= 11 is 0. The Morgan fingerprint density at radius 3 is 2.67 bits per heavy atom. The Balaban J connectivity index is 1.81. The van der Waals surface area contributed by atoms with Crippen molar-refractivity contribution in [2.45, 2.75) is 51.4 Å². The number of hydrogen-bond donors (Lipinski definition) is 1. The van der Waals surface area contributed by atoms with Crippen molar-refractivity contribution in [2.75, 3.05) is 0 Å². The lowest BCUT2D eigenvalue weighted by Gasteiger charge is -2.18. The molecule has 0 aliphatic heterocycles. The first-order chi connectivity index (χ1) is 7.24. The van der Waals surface area contributed by atoms with Gasteiger partial charge in [0.1, 0.15) is 5.82 Å². The summed E-state index contributed by atoms with van der Waals surface area (Å²) < 4.78 is 0. The van der Waals surface area contributed by atoms with Gasteiger partial charge in [-0.05, 0) is 31.1 Å².